The molecule has 0 spiro atoms. The number of carbonyl (C=O) groups excluding carboxylic acids is 3. The molecule has 8 heteroatoms. The smallest absolute Gasteiger partial charge is 0.309 e. The summed E-state index contributed by atoms with van der Waals surface area (Å²) >= 11 is 0. The molecule has 0 unspecified atom stereocenters. The molecule has 0 saturated carbocycles. The first kappa shape index (κ1) is 27.0. The van der Waals surface area contributed by atoms with Crippen LogP contribution in [0.2, 0.25) is 0 Å². The van der Waals surface area contributed by atoms with Crippen molar-refractivity contribution in [3.63, 3.8) is 0 Å². The second kappa shape index (κ2) is 11.7. The predicted octanol–water partition coefficient (Wildman–Crippen LogP) is 5.04. The van der Waals surface area contributed by atoms with Crippen LogP contribution in [0.3, 0.4) is 0 Å². The number of pyridine rings is 1. The Hall–Kier alpha value is -3.29. The van der Waals surface area contributed by atoms with E-state index in [1.807, 2.05) is 20.8 Å². The van der Waals surface area contributed by atoms with E-state index in [9.17, 15) is 18.8 Å². The summed E-state index contributed by atoms with van der Waals surface area (Å²) in [6.07, 6.45) is 0.692. The number of ketones is 1. The topological polar surface area (TPSA) is 91.8 Å². The highest BCUT2D eigenvalue weighted by atomic mass is 19.1. The summed E-state index contributed by atoms with van der Waals surface area (Å²) < 4.78 is 29.6. The maximum atomic E-state index is 13.5. The number of aryl methyl sites for hydroxylation is 1. The molecular weight excluding hydrogens is 441 g/mol. The first-order valence-electron chi connectivity index (χ1n) is 11.2. The summed E-state index contributed by atoms with van der Waals surface area (Å²) in [7, 11) is 1.39. The van der Waals surface area contributed by atoms with Crippen LogP contribution in [0.25, 0.3) is 0 Å². The third-order valence-electron chi connectivity index (χ3n) is 5.84. The van der Waals surface area contributed by atoms with Crippen molar-refractivity contribution in [2.75, 3.05) is 7.11 Å². The molecule has 0 radical (unpaired) electrons. The van der Waals surface area contributed by atoms with E-state index < -0.39 is 29.7 Å². The van der Waals surface area contributed by atoms with E-state index in [2.05, 4.69) is 4.98 Å². The largest absolute Gasteiger partial charge is 0.493 e. The molecule has 184 valence electrons. The number of esters is 2. The number of Topliss-reactive ketones (excluding diaryl/α,β-unsaturated/α-hetero) is 1. The van der Waals surface area contributed by atoms with Crippen molar-refractivity contribution in [3.05, 3.63) is 53.1 Å². The first-order valence-corrected chi connectivity index (χ1v) is 11.2. The third kappa shape index (κ3) is 6.62. The Morgan fingerprint density at radius 3 is 2.32 bits per heavy atom. The molecule has 0 aliphatic rings. The number of hydrogen-bond acceptors (Lipinski definition) is 7. The van der Waals surface area contributed by atoms with Gasteiger partial charge in [-0.05, 0) is 43.0 Å². The van der Waals surface area contributed by atoms with Crippen LogP contribution < -0.4 is 9.47 Å². The normalized spacial score (nSPS) is 13.7. The number of halogens is 1. The van der Waals surface area contributed by atoms with Crippen molar-refractivity contribution in [1.82, 2.24) is 4.98 Å². The van der Waals surface area contributed by atoms with Crippen molar-refractivity contribution in [3.8, 4) is 11.5 Å². The van der Waals surface area contributed by atoms with Gasteiger partial charge in [-0.15, -0.1) is 0 Å². The quantitative estimate of drug-likeness (QED) is 0.352. The Labute approximate surface area is 199 Å². The fourth-order valence-corrected chi connectivity index (χ4v) is 3.70. The maximum Gasteiger partial charge on any atom is 0.309 e. The van der Waals surface area contributed by atoms with E-state index in [-0.39, 0.29) is 41.3 Å². The minimum atomic E-state index is -0.741. The van der Waals surface area contributed by atoms with Crippen LogP contribution in [-0.4, -0.2) is 35.9 Å². The summed E-state index contributed by atoms with van der Waals surface area (Å²) in [6, 6.07) is 5.99. The minimum absolute atomic E-state index is 0.0767. The Bertz CT molecular complexity index is 1050. The molecule has 0 amide bonds. The molecule has 0 saturated heterocycles. The fourth-order valence-electron chi connectivity index (χ4n) is 3.70. The first-order chi connectivity index (χ1) is 16.0. The van der Waals surface area contributed by atoms with Gasteiger partial charge in [0.15, 0.2) is 17.2 Å². The molecule has 1 aromatic heterocycles. The lowest BCUT2D eigenvalue weighted by Gasteiger charge is -2.26. The van der Waals surface area contributed by atoms with Crippen LogP contribution in [0.1, 0.15) is 68.6 Å². The van der Waals surface area contributed by atoms with Crippen molar-refractivity contribution >= 4 is 17.7 Å². The molecule has 1 heterocycles. The summed E-state index contributed by atoms with van der Waals surface area (Å²) in [6.45, 7) is 10.3. The van der Waals surface area contributed by atoms with E-state index in [1.54, 1.807) is 19.9 Å². The zero-order chi connectivity index (χ0) is 25.6. The summed E-state index contributed by atoms with van der Waals surface area (Å²) in [5, 5.41) is 0. The number of methoxy groups -OCH3 is 1. The van der Waals surface area contributed by atoms with Crippen LogP contribution >= 0.6 is 0 Å². The fraction of sp³-hybridized carbons (Fsp3) is 0.462. The summed E-state index contributed by atoms with van der Waals surface area (Å²) in [4.78, 5) is 41.8. The Balaban J connectivity index is 2.21. The van der Waals surface area contributed by atoms with Gasteiger partial charge in [0.1, 0.15) is 11.9 Å². The molecule has 0 aliphatic heterocycles. The molecule has 1 aromatic carbocycles. The monoisotopic (exact) mass is 473 g/mol. The highest BCUT2D eigenvalue weighted by molar-refractivity contribution is 6.00. The number of benzene rings is 1. The number of hydrogen-bond donors (Lipinski definition) is 0. The van der Waals surface area contributed by atoms with Gasteiger partial charge in [-0.2, -0.15) is 0 Å². The van der Waals surface area contributed by atoms with Crippen LogP contribution in [0.5, 0.6) is 11.5 Å². The molecule has 0 bridgehead atoms. The second-order valence-corrected chi connectivity index (χ2v) is 8.69. The highest BCUT2D eigenvalue weighted by Crippen LogP contribution is 2.32. The van der Waals surface area contributed by atoms with Crippen molar-refractivity contribution in [1.29, 1.82) is 0 Å². The number of nitrogens with zero attached hydrogens (tertiary/aromatic N) is 1. The van der Waals surface area contributed by atoms with Gasteiger partial charge >= 0.3 is 11.9 Å². The highest BCUT2D eigenvalue weighted by Gasteiger charge is 2.32. The average Bonchev–Trinajstić information content (AvgIpc) is 2.76. The Kier molecular flexibility index (Phi) is 9.29. The number of ether oxygens (including phenoxy) is 3. The number of carbonyl (C=O) groups is 3. The van der Waals surface area contributed by atoms with Gasteiger partial charge in [0.2, 0.25) is 5.75 Å². The predicted molar refractivity (Wildman–Crippen MR) is 124 cm³/mol. The van der Waals surface area contributed by atoms with Gasteiger partial charge in [-0.25, -0.2) is 9.37 Å². The Morgan fingerprint density at radius 2 is 1.76 bits per heavy atom. The van der Waals surface area contributed by atoms with Crippen LogP contribution in [0, 0.1) is 24.6 Å². The molecule has 0 fully saturated rings. The minimum Gasteiger partial charge on any atom is -0.493 e. The van der Waals surface area contributed by atoms with E-state index >= 15 is 0 Å². The van der Waals surface area contributed by atoms with E-state index in [0.29, 0.717) is 0 Å². The summed E-state index contributed by atoms with van der Waals surface area (Å²) in [5.74, 6) is -2.94. The van der Waals surface area contributed by atoms with Gasteiger partial charge in [-0.3, -0.25) is 14.4 Å². The lowest BCUT2D eigenvalue weighted by Crippen LogP contribution is -2.30. The molecule has 2 rings (SSSR count). The van der Waals surface area contributed by atoms with Gasteiger partial charge in [0.05, 0.1) is 13.0 Å². The number of aromatic nitrogens is 1. The standard InChI is InChI=1S/C26H32FNO6/c1-14(2)21(13-22(30)24-25(34-18(6)29)23(32-7)10-11-28-24)26(31)33-17(5)16(4)20-9-8-19(27)12-15(20)3/h8-12,14,16-17,21H,13H2,1-7H3/t16-,17+,21+/m1/s1. The van der Waals surface area contributed by atoms with Crippen LogP contribution in [-0.2, 0) is 14.3 Å². The summed E-state index contributed by atoms with van der Waals surface area (Å²) in [5.41, 5.74) is 1.56. The lowest BCUT2D eigenvalue weighted by molar-refractivity contribution is -0.155. The SMILES string of the molecule is COc1ccnc(C(=O)C[C@H](C(=O)O[C@@H](C)[C@@H](C)c2ccc(F)cc2C)C(C)C)c1OC(C)=O. The molecule has 34 heavy (non-hydrogen) atoms. The van der Waals surface area contributed by atoms with Gasteiger partial charge in [0, 0.05) is 31.5 Å². The molecular formula is C26H32FNO6. The molecule has 2 aromatic rings. The zero-order valence-corrected chi connectivity index (χ0v) is 20.7. The van der Waals surface area contributed by atoms with Crippen molar-refractivity contribution in [2.45, 2.75) is 60.0 Å². The van der Waals surface area contributed by atoms with Gasteiger partial charge in [0.25, 0.3) is 0 Å². The number of rotatable bonds is 10. The lowest BCUT2D eigenvalue weighted by atomic mass is 9.89. The second-order valence-electron chi connectivity index (χ2n) is 8.69. The third-order valence-corrected chi connectivity index (χ3v) is 5.84. The molecule has 0 aliphatic carbocycles. The van der Waals surface area contributed by atoms with Gasteiger partial charge < -0.3 is 14.2 Å². The average molecular weight is 474 g/mol. The Morgan fingerprint density at radius 1 is 1.09 bits per heavy atom. The van der Waals surface area contributed by atoms with Crippen molar-refractivity contribution in [2.24, 2.45) is 11.8 Å². The van der Waals surface area contributed by atoms with E-state index in [1.165, 1.54) is 38.4 Å². The zero-order valence-electron chi connectivity index (χ0n) is 20.7. The molecule has 3 atom stereocenters. The van der Waals surface area contributed by atoms with E-state index in [0.717, 1.165) is 11.1 Å². The van der Waals surface area contributed by atoms with Crippen molar-refractivity contribution < 1.29 is 33.0 Å². The molecule has 7 nitrogen and oxygen atoms in total. The maximum absolute atomic E-state index is 13.5. The van der Waals surface area contributed by atoms with Crippen LogP contribution in [0.4, 0.5) is 4.39 Å². The van der Waals surface area contributed by atoms with Gasteiger partial charge in [-0.1, -0.05) is 26.8 Å². The molecule has 0 N–H and O–H groups in total. The van der Waals surface area contributed by atoms with Crippen LogP contribution in [0.15, 0.2) is 30.5 Å². The van der Waals surface area contributed by atoms with E-state index in [4.69, 9.17) is 14.2 Å².